The maximum Gasteiger partial charge on any atom is 0.305 e. The minimum Gasteiger partial charge on any atom is -0.466 e. The second-order valence-electron chi connectivity index (χ2n) is 4.90. The lowest BCUT2D eigenvalue weighted by Gasteiger charge is -2.22. The number of aliphatic hydroxyl groups excluding tert-OH is 1. The van der Waals surface area contributed by atoms with Gasteiger partial charge in [-0.05, 0) is 31.4 Å². The van der Waals surface area contributed by atoms with Crippen molar-refractivity contribution in [2.75, 3.05) is 12.4 Å². The molecule has 0 rings (SSSR count). The van der Waals surface area contributed by atoms with Gasteiger partial charge in [-0.15, -0.1) is 0 Å². The van der Waals surface area contributed by atoms with E-state index in [1.165, 1.54) is 11.8 Å². The van der Waals surface area contributed by atoms with Crippen molar-refractivity contribution < 1.29 is 19.4 Å². The van der Waals surface area contributed by atoms with E-state index in [1.807, 2.05) is 20.8 Å². The van der Waals surface area contributed by atoms with Gasteiger partial charge in [0, 0.05) is 6.42 Å². The van der Waals surface area contributed by atoms with Gasteiger partial charge in [0.2, 0.25) is 0 Å². The molecule has 0 aliphatic rings. The first-order chi connectivity index (χ1) is 8.92. The molecule has 0 saturated carbocycles. The van der Waals surface area contributed by atoms with Crippen molar-refractivity contribution in [3.63, 3.8) is 0 Å². The number of carbonyl (C=O) groups excluding carboxylic acids is 2. The average Bonchev–Trinajstić information content (AvgIpc) is 2.28. The lowest BCUT2D eigenvalue weighted by atomic mass is 9.92. The van der Waals surface area contributed by atoms with Gasteiger partial charge in [0.15, 0.2) is 5.12 Å². The molecule has 0 aliphatic heterocycles. The average molecular weight is 290 g/mol. The summed E-state index contributed by atoms with van der Waals surface area (Å²) in [5.74, 6) is 0.221. The predicted octanol–water partition coefficient (Wildman–Crippen LogP) is 2.63. The van der Waals surface area contributed by atoms with Gasteiger partial charge in [0.25, 0.3) is 0 Å². The van der Waals surface area contributed by atoms with Gasteiger partial charge < -0.3 is 9.84 Å². The molecule has 0 radical (unpaired) electrons. The molecule has 0 heterocycles. The maximum absolute atomic E-state index is 12.0. The quantitative estimate of drug-likeness (QED) is 0.661. The zero-order valence-corrected chi connectivity index (χ0v) is 13.2. The largest absolute Gasteiger partial charge is 0.466 e. The second-order valence-corrected chi connectivity index (χ2v) is 6.17. The highest BCUT2D eigenvalue weighted by atomic mass is 32.2. The smallest absolute Gasteiger partial charge is 0.305 e. The van der Waals surface area contributed by atoms with Crippen LogP contribution in [0.3, 0.4) is 0 Å². The molecule has 1 N–H and O–H groups in total. The summed E-state index contributed by atoms with van der Waals surface area (Å²) >= 11 is 1.21. The summed E-state index contributed by atoms with van der Waals surface area (Å²) in [4.78, 5) is 23.3. The summed E-state index contributed by atoms with van der Waals surface area (Å²) < 4.78 is 4.85. The molecule has 0 aromatic heterocycles. The molecule has 0 aromatic carbocycles. The molecule has 112 valence electrons. The summed E-state index contributed by atoms with van der Waals surface area (Å²) in [6, 6.07) is 0. The van der Waals surface area contributed by atoms with Gasteiger partial charge in [-0.3, -0.25) is 9.59 Å². The van der Waals surface area contributed by atoms with Crippen LogP contribution < -0.4 is 0 Å². The number of rotatable bonds is 9. The van der Waals surface area contributed by atoms with Gasteiger partial charge >= 0.3 is 5.97 Å². The van der Waals surface area contributed by atoms with Crippen LogP contribution in [0, 0.1) is 11.8 Å². The Bertz CT molecular complexity index is 279. The van der Waals surface area contributed by atoms with Gasteiger partial charge in [0.05, 0.1) is 18.6 Å². The van der Waals surface area contributed by atoms with Crippen molar-refractivity contribution in [2.24, 2.45) is 11.8 Å². The van der Waals surface area contributed by atoms with E-state index in [9.17, 15) is 14.7 Å². The van der Waals surface area contributed by atoms with Crippen LogP contribution >= 0.6 is 11.8 Å². The van der Waals surface area contributed by atoms with Crippen molar-refractivity contribution in [1.29, 1.82) is 0 Å². The minimum absolute atomic E-state index is 0.0278. The third kappa shape index (κ3) is 8.26. The van der Waals surface area contributed by atoms with E-state index in [-0.39, 0.29) is 17.5 Å². The summed E-state index contributed by atoms with van der Waals surface area (Å²) in [5, 5.41) is 10.1. The molecular weight excluding hydrogens is 264 g/mol. The van der Waals surface area contributed by atoms with Crippen LogP contribution in [0.5, 0.6) is 0 Å². The Morgan fingerprint density at radius 3 is 2.37 bits per heavy atom. The first kappa shape index (κ1) is 18.4. The van der Waals surface area contributed by atoms with E-state index in [2.05, 4.69) is 0 Å². The maximum atomic E-state index is 12.0. The van der Waals surface area contributed by atoms with E-state index < -0.39 is 12.0 Å². The molecule has 0 aliphatic carbocycles. The Kier molecular flexibility index (Phi) is 9.97. The highest BCUT2D eigenvalue weighted by Crippen LogP contribution is 2.24. The summed E-state index contributed by atoms with van der Waals surface area (Å²) in [5.41, 5.74) is 0. The third-order valence-electron chi connectivity index (χ3n) is 2.73. The molecule has 2 atom stereocenters. The fourth-order valence-electron chi connectivity index (χ4n) is 1.87. The topological polar surface area (TPSA) is 63.6 Å². The number of ether oxygens (including phenoxy) is 1. The van der Waals surface area contributed by atoms with E-state index in [4.69, 9.17) is 4.74 Å². The van der Waals surface area contributed by atoms with E-state index in [0.717, 1.165) is 0 Å². The molecular formula is C14H26O4S. The zero-order valence-electron chi connectivity index (χ0n) is 12.3. The van der Waals surface area contributed by atoms with Crippen LogP contribution in [-0.2, 0) is 14.3 Å². The third-order valence-corrected chi connectivity index (χ3v) is 3.61. The van der Waals surface area contributed by atoms with Crippen molar-refractivity contribution >= 4 is 22.8 Å². The zero-order chi connectivity index (χ0) is 14.8. The number of hydrogen-bond donors (Lipinski definition) is 1. The molecule has 0 saturated heterocycles. The first-order valence-corrected chi connectivity index (χ1v) is 7.91. The Hall–Kier alpha value is -0.550. The number of thioether (sulfide) groups is 1. The molecule has 0 amide bonds. The summed E-state index contributed by atoms with van der Waals surface area (Å²) in [6.07, 6.45) is 0.437. The van der Waals surface area contributed by atoms with Gasteiger partial charge in [-0.25, -0.2) is 0 Å². The number of carbonyl (C=O) groups is 2. The van der Waals surface area contributed by atoms with Gasteiger partial charge in [-0.2, -0.15) is 0 Å². The van der Waals surface area contributed by atoms with Crippen LogP contribution in [0.2, 0.25) is 0 Å². The molecule has 4 nitrogen and oxygen atoms in total. The minimum atomic E-state index is -0.680. The molecule has 0 fully saturated rings. The standard InChI is InChI=1S/C14H26O4S/c1-5-18-13(16)8-7-11(14(17)19-6-2)12(15)9-10(3)4/h10-12,15H,5-9H2,1-4H3/t11-,12-/m0/s1. The van der Waals surface area contributed by atoms with Gasteiger partial charge in [-0.1, -0.05) is 32.5 Å². The lowest BCUT2D eigenvalue weighted by molar-refractivity contribution is -0.143. The molecule has 0 aromatic rings. The molecule has 0 bridgehead atoms. The van der Waals surface area contributed by atoms with Crippen molar-refractivity contribution in [3.05, 3.63) is 0 Å². The van der Waals surface area contributed by atoms with Crippen LogP contribution in [-0.4, -0.2) is 34.7 Å². The fourth-order valence-corrected chi connectivity index (χ4v) is 2.64. The fraction of sp³-hybridized carbons (Fsp3) is 0.857. The van der Waals surface area contributed by atoms with E-state index in [0.29, 0.717) is 31.1 Å². The molecule has 19 heavy (non-hydrogen) atoms. The van der Waals surface area contributed by atoms with Crippen LogP contribution in [0.25, 0.3) is 0 Å². The lowest BCUT2D eigenvalue weighted by Crippen LogP contribution is -2.29. The molecule has 0 unspecified atom stereocenters. The van der Waals surface area contributed by atoms with Crippen LogP contribution in [0.15, 0.2) is 0 Å². The normalized spacial score (nSPS) is 14.2. The number of esters is 1. The summed E-state index contributed by atoms with van der Waals surface area (Å²) in [6.45, 7) is 8.00. The highest BCUT2D eigenvalue weighted by Gasteiger charge is 2.27. The van der Waals surface area contributed by atoms with Crippen molar-refractivity contribution in [1.82, 2.24) is 0 Å². The van der Waals surface area contributed by atoms with Crippen LogP contribution in [0.1, 0.15) is 47.0 Å². The Balaban J connectivity index is 4.49. The van der Waals surface area contributed by atoms with Crippen LogP contribution in [0.4, 0.5) is 0 Å². The summed E-state index contributed by atoms with van der Waals surface area (Å²) in [7, 11) is 0. The Labute approximate surface area is 120 Å². The highest BCUT2D eigenvalue weighted by molar-refractivity contribution is 8.13. The van der Waals surface area contributed by atoms with Gasteiger partial charge in [0.1, 0.15) is 0 Å². The first-order valence-electron chi connectivity index (χ1n) is 6.92. The molecule has 0 spiro atoms. The van der Waals surface area contributed by atoms with Crippen molar-refractivity contribution in [2.45, 2.75) is 53.1 Å². The Morgan fingerprint density at radius 2 is 1.89 bits per heavy atom. The SMILES string of the molecule is CCOC(=O)CC[C@H](C(=O)SCC)[C@@H](O)CC(C)C. The van der Waals surface area contributed by atoms with E-state index in [1.54, 1.807) is 6.92 Å². The second kappa shape index (κ2) is 10.3. The number of hydrogen-bond acceptors (Lipinski definition) is 5. The monoisotopic (exact) mass is 290 g/mol. The molecule has 5 heteroatoms. The number of aliphatic hydroxyl groups is 1. The Morgan fingerprint density at radius 1 is 1.26 bits per heavy atom. The van der Waals surface area contributed by atoms with E-state index >= 15 is 0 Å². The van der Waals surface area contributed by atoms with Crippen molar-refractivity contribution in [3.8, 4) is 0 Å². The predicted molar refractivity (Wildman–Crippen MR) is 78.0 cm³/mol.